The van der Waals surface area contributed by atoms with E-state index in [0.717, 1.165) is 11.6 Å². The first-order valence-corrected chi connectivity index (χ1v) is 6.41. The van der Waals surface area contributed by atoms with Gasteiger partial charge in [-0.15, -0.1) is 0 Å². The van der Waals surface area contributed by atoms with Gasteiger partial charge >= 0.3 is 0 Å². The minimum atomic E-state index is 0.520. The zero-order valence-electron chi connectivity index (χ0n) is 10.1. The molecule has 0 spiro atoms. The largest absolute Gasteiger partial charge is 0.310 e. The fraction of sp³-hybridized carbons (Fsp3) is 0.571. The van der Waals surface area contributed by atoms with Gasteiger partial charge in [0.15, 0.2) is 0 Å². The van der Waals surface area contributed by atoms with E-state index in [1.807, 2.05) is 18.2 Å². The molecule has 0 heterocycles. The van der Waals surface area contributed by atoms with Crippen LogP contribution in [-0.4, -0.2) is 6.04 Å². The zero-order chi connectivity index (χ0) is 11.6. The Hall–Kier alpha value is -0.530. The molecule has 1 aliphatic rings. The molecule has 0 bridgehead atoms. The van der Waals surface area contributed by atoms with Crippen molar-refractivity contribution in [2.24, 2.45) is 5.41 Å². The van der Waals surface area contributed by atoms with Gasteiger partial charge < -0.3 is 5.32 Å². The third-order valence-corrected chi connectivity index (χ3v) is 3.69. The average molecular weight is 238 g/mol. The summed E-state index contributed by atoms with van der Waals surface area (Å²) in [6.45, 7) is 5.64. The Labute approximate surface area is 103 Å². The number of nitrogens with one attached hydrogen (secondary N) is 1. The number of rotatable bonds is 3. The molecule has 1 fully saturated rings. The molecule has 0 aliphatic heterocycles. The lowest BCUT2D eigenvalue weighted by Gasteiger charge is -2.18. The van der Waals surface area contributed by atoms with Gasteiger partial charge in [0.05, 0.1) is 0 Å². The van der Waals surface area contributed by atoms with Crippen LogP contribution in [0.3, 0.4) is 0 Å². The quantitative estimate of drug-likeness (QED) is 0.838. The van der Waals surface area contributed by atoms with Crippen molar-refractivity contribution >= 4 is 11.6 Å². The molecule has 1 aromatic carbocycles. The van der Waals surface area contributed by atoms with Crippen LogP contribution >= 0.6 is 11.6 Å². The highest BCUT2D eigenvalue weighted by Crippen LogP contribution is 2.36. The molecule has 1 atom stereocenters. The van der Waals surface area contributed by atoms with E-state index < -0.39 is 0 Å². The third-order valence-electron chi connectivity index (χ3n) is 3.45. The van der Waals surface area contributed by atoms with Crippen LogP contribution in [-0.2, 0) is 6.54 Å². The Morgan fingerprint density at radius 2 is 2.25 bits per heavy atom. The van der Waals surface area contributed by atoms with Crippen molar-refractivity contribution in [1.29, 1.82) is 0 Å². The topological polar surface area (TPSA) is 12.0 Å². The van der Waals surface area contributed by atoms with E-state index in [4.69, 9.17) is 11.6 Å². The van der Waals surface area contributed by atoms with Crippen LogP contribution in [0.15, 0.2) is 24.3 Å². The summed E-state index contributed by atoms with van der Waals surface area (Å²) in [4.78, 5) is 0. The molecule has 0 aromatic heterocycles. The first-order chi connectivity index (χ1) is 7.55. The van der Waals surface area contributed by atoms with Crippen molar-refractivity contribution in [3.63, 3.8) is 0 Å². The van der Waals surface area contributed by atoms with E-state index in [1.165, 1.54) is 24.8 Å². The summed E-state index contributed by atoms with van der Waals surface area (Å²) in [6.07, 6.45) is 3.92. The molecule has 1 unspecified atom stereocenters. The van der Waals surface area contributed by atoms with Crippen LogP contribution in [0.1, 0.15) is 38.7 Å². The zero-order valence-corrected chi connectivity index (χ0v) is 10.8. The fourth-order valence-electron chi connectivity index (χ4n) is 2.52. The number of halogens is 1. The lowest BCUT2D eigenvalue weighted by molar-refractivity contribution is 0.364. The van der Waals surface area contributed by atoms with E-state index in [2.05, 4.69) is 25.2 Å². The molecular weight excluding hydrogens is 218 g/mol. The minimum absolute atomic E-state index is 0.520. The highest BCUT2D eigenvalue weighted by atomic mass is 35.5. The van der Waals surface area contributed by atoms with Gasteiger partial charge in [0, 0.05) is 17.6 Å². The monoisotopic (exact) mass is 237 g/mol. The van der Waals surface area contributed by atoms with Gasteiger partial charge in [-0.3, -0.25) is 0 Å². The summed E-state index contributed by atoms with van der Waals surface area (Å²) < 4.78 is 0. The molecule has 16 heavy (non-hydrogen) atoms. The van der Waals surface area contributed by atoms with Gasteiger partial charge in [-0.05, 0) is 42.4 Å². The van der Waals surface area contributed by atoms with E-state index in [-0.39, 0.29) is 0 Å². The van der Waals surface area contributed by atoms with Crippen LogP contribution in [0.5, 0.6) is 0 Å². The van der Waals surface area contributed by atoms with Gasteiger partial charge in [-0.2, -0.15) is 0 Å². The highest BCUT2D eigenvalue weighted by molar-refractivity contribution is 6.30. The van der Waals surface area contributed by atoms with Gasteiger partial charge in [-0.1, -0.05) is 37.6 Å². The molecule has 2 rings (SSSR count). The Morgan fingerprint density at radius 1 is 1.44 bits per heavy atom. The molecule has 1 aliphatic carbocycles. The lowest BCUT2D eigenvalue weighted by atomic mass is 9.92. The maximum absolute atomic E-state index is 5.96. The normalized spacial score (nSPS) is 23.6. The minimum Gasteiger partial charge on any atom is -0.310 e. The standard InChI is InChI=1S/C14H20ClN/c1-14(2)7-6-13(9-14)16-10-11-4-3-5-12(15)8-11/h3-5,8,13,16H,6-7,9-10H2,1-2H3. The van der Waals surface area contributed by atoms with Crippen molar-refractivity contribution in [1.82, 2.24) is 5.32 Å². The van der Waals surface area contributed by atoms with Crippen LogP contribution in [0.2, 0.25) is 5.02 Å². The maximum Gasteiger partial charge on any atom is 0.0409 e. The summed E-state index contributed by atoms with van der Waals surface area (Å²) in [6, 6.07) is 8.77. The SMILES string of the molecule is CC1(C)CCC(NCc2cccc(Cl)c2)C1. The molecule has 1 nitrogen and oxygen atoms in total. The Kier molecular flexibility index (Phi) is 3.56. The Balaban J connectivity index is 1.84. The summed E-state index contributed by atoms with van der Waals surface area (Å²) >= 11 is 5.96. The van der Waals surface area contributed by atoms with Crippen LogP contribution in [0, 0.1) is 5.41 Å². The smallest absolute Gasteiger partial charge is 0.0409 e. The Morgan fingerprint density at radius 3 is 2.88 bits per heavy atom. The second kappa shape index (κ2) is 4.77. The van der Waals surface area contributed by atoms with Crippen molar-refractivity contribution in [3.8, 4) is 0 Å². The summed E-state index contributed by atoms with van der Waals surface area (Å²) in [5.41, 5.74) is 1.80. The van der Waals surface area contributed by atoms with Crippen molar-refractivity contribution < 1.29 is 0 Å². The molecule has 0 amide bonds. The number of hydrogen-bond acceptors (Lipinski definition) is 1. The van der Waals surface area contributed by atoms with Gasteiger partial charge in [0.2, 0.25) is 0 Å². The molecular formula is C14H20ClN. The highest BCUT2D eigenvalue weighted by Gasteiger charge is 2.30. The predicted octanol–water partition coefficient (Wildman–Crippen LogP) is 4.01. The molecule has 1 aromatic rings. The van der Waals surface area contributed by atoms with E-state index >= 15 is 0 Å². The van der Waals surface area contributed by atoms with Crippen LogP contribution < -0.4 is 5.32 Å². The van der Waals surface area contributed by atoms with E-state index in [0.29, 0.717) is 11.5 Å². The van der Waals surface area contributed by atoms with E-state index in [9.17, 15) is 0 Å². The van der Waals surface area contributed by atoms with Crippen LogP contribution in [0.4, 0.5) is 0 Å². The number of benzene rings is 1. The molecule has 88 valence electrons. The number of hydrogen-bond donors (Lipinski definition) is 1. The molecule has 1 N–H and O–H groups in total. The summed E-state index contributed by atoms with van der Waals surface area (Å²) in [5.74, 6) is 0. The molecule has 0 saturated heterocycles. The van der Waals surface area contributed by atoms with Gasteiger partial charge in [0.1, 0.15) is 0 Å². The first-order valence-electron chi connectivity index (χ1n) is 6.03. The van der Waals surface area contributed by atoms with E-state index in [1.54, 1.807) is 0 Å². The second-order valence-corrected chi connectivity index (χ2v) is 6.05. The third kappa shape index (κ3) is 3.23. The van der Waals surface area contributed by atoms with Crippen molar-refractivity contribution in [2.75, 3.05) is 0 Å². The molecule has 2 heteroatoms. The van der Waals surface area contributed by atoms with Crippen molar-refractivity contribution in [2.45, 2.75) is 45.7 Å². The molecule has 0 radical (unpaired) electrons. The van der Waals surface area contributed by atoms with Crippen LogP contribution in [0.25, 0.3) is 0 Å². The average Bonchev–Trinajstić information content (AvgIpc) is 2.56. The molecule has 1 saturated carbocycles. The van der Waals surface area contributed by atoms with Gasteiger partial charge in [0.25, 0.3) is 0 Å². The van der Waals surface area contributed by atoms with Crippen molar-refractivity contribution in [3.05, 3.63) is 34.9 Å². The lowest BCUT2D eigenvalue weighted by Crippen LogP contribution is -2.26. The van der Waals surface area contributed by atoms with Gasteiger partial charge in [-0.25, -0.2) is 0 Å². The first kappa shape index (κ1) is 11.9. The summed E-state index contributed by atoms with van der Waals surface area (Å²) in [5, 5.41) is 4.45. The summed E-state index contributed by atoms with van der Waals surface area (Å²) in [7, 11) is 0. The predicted molar refractivity (Wildman–Crippen MR) is 69.7 cm³/mol. The second-order valence-electron chi connectivity index (χ2n) is 5.61. The maximum atomic E-state index is 5.96. The fourth-order valence-corrected chi connectivity index (χ4v) is 2.73. The Bertz CT molecular complexity index is 360.